The Labute approximate surface area is 357 Å². The Morgan fingerprint density at radius 2 is 1.43 bits per heavy atom. The van der Waals surface area contributed by atoms with Gasteiger partial charge in [0.1, 0.15) is 15.7 Å². The van der Waals surface area contributed by atoms with Crippen molar-refractivity contribution in [3.8, 4) is 0 Å². The molecule has 8 atom stereocenters. The molecule has 156 valence electrons. The first-order valence-electron chi connectivity index (χ1n) is 7.22. The molecule has 0 aromatic rings. The number of hydrogen-bond donors (Lipinski definition) is 0. The molecule has 4 nitrogen and oxygen atoms in total. The second kappa shape index (κ2) is 36.7. The van der Waals surface area contributed by atoms with Gasteiger partial charge in [0, 0.05) is 225 Å². The van der Waals surface area contributed by atoms with E-state index < -0.39 is 0 Å². The summed E-state index contributed by atoms with van der Waals surface area (Å²) in [7, 11) is 13.4. The summed E-state index contributed by atoms with van der Waals surface area (Å²) in [5.41, 5.74) is 0. The van der Waals surface area contributed by atoms with E-state index in [-0.39, 0.29) is 268 Å². The summed E-state index contributed by atoms with van der Waals surface area (Å²) in [6.45, 7) is 10.5. The molecule has 0 saturated carbocycles. The van der Waals surface area contributed by atoms with E-state index in [0.29, 0.717) is 21.3 Å². The molecule has 10 radical (unpaired) electrons. The summed E-state index contributed by atoms with van der Waals surface area (Å²) in [5.74, 6) is 0.594. The molecular weight excluding hydrogens is 1030 g/mol. The monoisotopic (exact) mass is 1060 g/mol. The molecule has 0 bridgehead atoms. The molecule has 0 aliphatic carbocycles. The Kier molecular flexibility index (Phi) is 75.4. The van der Waals surface area contributed by atoms with Gasteiger partial charge in [-0.3, -0.25) is 6.42 Å². The molecule has 2 heterocycles. The van der Waals surface area contributed by atoms with Crippen molar-refractivity contribution in [2.75, 3.05) is 20.4 Å². The molecule has 0 N–H and O–H groups in total. The van der Waals surface area contributed by atoms with E-state index in [1.54, 1.807) is 7.11 Å². The second-order valence-corrected chi connectivity index (χ2v) is 6.10. The molecule has 2 fully saturated rings. The minimum Gasteiger partial charge on any atom is -0.417 e. The van der Waals surface area contributed by atoms with E-state index in [0.717, 1.165) is 0 Å². The molecule has 2 aliphatic heterocycles. The van der Waals surface area contributed by atoms with Crippen molar-refractivity contribution in [1.82, 2.24) is 0 Å². The predicted molar refractivity (Wildman–Crippen MR) is 101 cm³/mol. The van der Waals surface area contributed by atoms with Crippen LogP contribution < -0.4 is 0 Å². The molecule has 30 heavy (non-hydrogen) atoms. The maximum absolute atomic E-state index is 5.63. The minimum atomic E-state index is -0.215. The number of methoxy groups -OCH3 is 1. The first-order chi connectivity index (χ1) is 9.90. The summed E-state index contributed by atoms with van der Waals surface area (Å²) in [6.07, 6.45) is 2.14. The maximum atomic E-state index is 5.63. The van der Waals surface area contributed by atoms with Gasteiger partial charge in [0.05, 0.1) is 6.10 Å². The SMILES string of the molecule is [B][C@@H]1O[C@H](COPC)[CH-]C1C.[B][C@@H]1O[C@H]([CH2-])C(OC)C1C.[CH3-].[CH3-].[W+2].[Y].[Y].[Y].[Y].[Y].[Y]. The van der Waals surface area contributed by atoms with Crippen LogP contribution >= 0.6 is 8.81 Å². The van der Waals surface area contributed by atoms with Crippen LogP contribution in [-0.4, -0.2) is 66.4 Å². The van der Waals surface area contributed by atoms with Crippen molar-refractivity contribution in [3.63, 3.8) is 0 Å². The number of rotatable bonds is 4. The Bertz CT molecular complexity index is 317. The molecule has 2 saturated heterocycles. The van der Waals surface area contributed by atoms with Gasteiger partial charge in [0.25, 0.3) is 0 Å². The van der Waals surface area contributed by atoms with Gasteiger partial charge in [-0.1, -0.05) is 13.8 Å². The van der Waals surface area contributed by atoms with Gasteiger partial charge in [-0.05, 0) is 30.8 Å². The van der Waals surface area contributed by atoms with E-state index in [2.05, 4.69) is 20.3 Å². The van der Waals surface area contributed by atoms with E-state index in [1.165, 1.54) is 0 Å². The molecule has 4 unspecified atom stereocenters. The molecule has 2 rings (SSSR count). The van der Waals surface area contributed by atoms with Crippen molar-refractivity contribution < 1.29 is 236 Å². The van der Waals surface area contributed by atoms with Crippen LogP contribution in [0.2, 0.25) is 0 Å². The van der Waals surface area contributed by atoms with Gasteiger partial charge < -0.3 is 40.5 Å². The Morgan fingerprint density at radius 1 is 0.967 bits per heavy atom. The molecule has 0 aromatic carbocycles. The number of ether oxygens (including phenoxy) is 3. The summed E-state index contributed by atoms with van der Waals surface area (Å²) >= 11 is 0. The fraction of sp³-hybridized carbons (Fsp3) is 0.750. The number of hydrogen-bond acceptors (Lipinski definition) is 4. The van der Waals surface area contributed by atoms with Crippen LogP contribution in [0.1, 0.15) is 13.8 Å². The molecular formula is C16H31B2O4PWY6-2. The van der Waals surface area contributed by atoms with E-state index in [9.17, 15) is 0 Å². The quantitative estimate of drug-likeness (QED) is 0.247. The summed E-state index contributed by atoms with van der Waals surface area (Å²) in [4.78, 5) is 0. The van der Waals surface area contributed by atoms with Crippen molar-refractivity contribution in [2.45, 2.75) is 44.2 Å². The van der Waals surface area contributed by atoms with Gasteiger partial charge in [-0.15, -0.1) is 0 Å². The van der Waals surface area contributed by atoms with Crippen molar-refractivity contribution in [3.05, 3.63) is 28.2 Å². The van der Waals surface area contributed by atoms with Crippen LogP contribution in [-0.2, 0) is 236 Å². The summed E-state index contributed by atoms with van der Waals surface area (Å²) in [6, 6.07) is -0.351. The van der Waals surface area contributed by atoms with E-state index >= 15 is 0 Å². The summed E-state index contributed by atoms with van der Waals surface area (Å²) < 4.78 is 21.0. The first-order valence-corrected chi connectivity index (χ1v) is 8.63. The topological polar surface area (TPSA) is 36.9 Å². The Balaban J connectivity index is -0.0000000324. The van der Waals surface area contributed by atoms with E-state index in [1.807, 2.05) is 13.6 Å². The Morgan fingerprint density at radius 3 is 1.67 bits per heavy atom. The normalized spacial score (nSPS) is 30.2. The average Bonchev–Trinajstić information content (AvgIpc) is 2.88. The second-order valence-electron chi connectivity index (χ2n) is 5.40. The van der Waals surface area contributed by atoms with E-state index in [4.69, 9.17) is 34.4 Å². The van der Waals surface area contributed by atoms with Gasteiger partial charge in [0.2, 0.25) is 0 Å². The fourth-order valence-electron chi connectivity index (χ4n) is 2.37. The third-order valence-electron chi connectivity index (χ3n) is 3.77. The standard InChI is InChI=1S/C7H13BO2P.C7H12BO2.2CH3.W.6Y/c1-5-3-6(4-9-11-2)10-7(5)8;1-4-6(9-3)5(2)10-7(4)8;;;;;;;;;/h3,5-7,11H,4H2,1-2H3;4-7H,2H2,1,3H3;2*1H3;;;;;;;/q4*-1;+2;;;;;;/t5?,6-,7+;4?,5-,6?,7-;;;;;;;;;/m01........./s1. The maximum Gasteiger partial charge on any atom is 2.00 e. The zero-order valence-corrected chi connectivity index (χ0v) is 40.2. The fourth-order valence-corrected chi connectivity index (χ4v) is 2.71. The largest absolute Gasteiger partial charge is 2.00 e. The summed E-state index contributed by atoms with van der Waals surface area (Å²) in [5, 5.41) is 0. The van der Waals surface area contributed by atoms with Gasteiger partial charge in [-0.2, -0.15) is 5.92 Å². The predicted octanol–water partition coefficient (Wildman–Crippen LogP) is 2.21. The van der Waals surface area contributed by atoms with Crippen molar-refractivity contribution >= 4 is 24.5 Å². The van der Waals surface area contributed by atoms with Gasteiger partial charge >= 0.3 is 21.1 Å². The molecule has 0 aromatic heterocycles. The zero-order chi connectivity index (χ0) is 16.0. The molecule has 14 heteroatoms. The van der Waals surface area contributed by atoms with Crippen LogP contribution in [0.15, 0.2) is 0 Å². The zero-order valence-electron chi connectivity index (χ0n) is 19.2. The van der Waals surface area contributed by atoms with Crippen LogP contribution in [0.25, 0.3) is 0 Å². The van der Waals surface area contributed by atoms with Crippen LogP contribution in [0.3, 0.4) is 0 Å². The third-order valence-corrected chi connectivity index (χ3v) is 4.22. The van der Waals surface area contributed by atoms with Crippen molar-refractivity contribution in [2.24, 2.45) is 11.8 Å². The average molecular weight is 1060 g/mol. The van der Waals surface area contributed by atoms with Crippen LogP contribution in [0, 0.1) is 40.0 Å². The minimum absolute atomic E-state index is 0. The molecule has 0 spiro atoms. The molecule has 2 aliphatic rings. The van der Waals surface area contributed by atoms with Gasteiger partial charge in [-0.25, -0.2) is 0 Å². The van der Waals surface area contributed by atoms with Crippen LogP contribution in [0.5, 0.6) is 0 Å². The third kappa shape index (κ3) is 24.7. The molecule has 0 amide bonds. The van der Waals surface area contributed by atoms with Gasteiger partial charge in [0.15, 0.2) is 0 Å². The van der Waals surface area contributed by atoms with Crippen molar-refractivity contribution in [1.29, 1.82) is 0 Å². The van der Waals surface area contributed by atoms with Crippen LogP contribution in [0.4, 0.5) is 0 Å². The smallest absolute Gasteiger partial charge is 0.417 e. The first kappa shape index (κ1) is 61.7. The Hall–Kier alpha value is 7.71.